The van der Waals surface area contributed by atoms with Crippen LogP contribution in [-0.4, -0.2) is 24.8 Å². The SMILES string of the molecule is N#Cc1c[nH]n2c(=O)cc(CSc3nnc(Nc4ccccc4F)s3)nc12. The van der Waals surface area contributed by atoms with Crippen LogP contribution in [0.5, 0.6) is 0 Å². The number of thioether (sulfide) groups is 1. The lowest BCUT2D eigenvalue weighted by atomic mass is 10.3. The van der Waals surface area contributed by atoms with E-state index in [9.17, 15) is 9.18 Å². The highest BCUT2D eigenvalue weighted by atomic mass is 32.2. The number of rotatable bonds is 5. The molecule has 11 heteroatoms. The lowest BCUT2D eigenvalue weighted by Crippen LogP contribution is -2.15. The van der Waals surface area contributed by atoms with E-state index in [1.54, 1.807) is 18.2 Å². The van der Waals surface area contributed by atoms with Gasteiger partial charge < -0.3 is 5.32 Å². The largest absolute Gasteiger partial charge is 0.328 e. The highest BCUT2D eigenvalue weighted by Gasteiger charge is 2.11. The molecule has 8 nitrogen and oxygen atoms in total. The fourth-order valence-electron chi connectivity index (χ4n) is 2.32. The van der Waals surface area contributed by atoms with Crippen molar-refractivity contribution in [1.29, 1.82) is 5.26 Å². The van der Waals surface area contributed by atoms with Crippen LogP contribution in [0.2, 0.25) is 0 Å². The first kappa shape index (κ1) is 17.2. The standard InChI is InChI=1S/C16H10FN7OS2/c17-11-3-1-2-4-12(11)21-15-22-23-16(27-15)26-8-10-5-13(25)24-14(20-10)9(6-18)7-19-24/h1-5,7,19H,8H2,(H,21,22). The highest BCUT2D eigenvalue weighted by Crippen LogP contribution is 2.30. The number of nitrogens with one attached hydrogen (secondary N) is 2. The van der Waals surface area contributed by atoms with E-state index in [1.807, 2.05) is 6.07 Å². The smallest absolute Gasteiger partial charge is 0.272 e. The van der Waals surface area contributed by atoms with E-state index >= 15 is 0 Å². The van der Waals surface area contributed by atoms with Crippen LogP contribution in [0.3, 0.4) is 0 Å². The van der Waals surface area contributed by atoms with E-state index in [1.165, 1.54) is 45.9 Å². The number of para-hydroxylation sites is 1. The third-order valence-corrected chi connectivity index (χ3v) is 5.54. The molecule has 3 aromatic heterocycles. The minimum atomic E-state index is -0.375. The average molecular weight is 399 g/mol. The van der Waals surface area contributed by atoms with Gasteiger partial charge in [0.15, 0.2) is 9.99 Å². The molecule has 4 aromatic rings. The molecule has 0 radical (unpaired) electrons. The van der Waals surface area contributed by atoms with Crippen molar-refractivity contribution in [2.45, 2.75) is 10.1 Å². The van der Waals surface area contributed by atoms with Crippen LogP contribution in [0, 0.1) is 17.1 Å². The number of fused-ring (bicyclic) bond motifs is 1. The summed E-state index contributed by atoms with van der Waals surface area (Å²) in [5.74, 6) is 0.00974. The highest BCUT2D eigenvalue weighted by molar-refractivity contribution is 8.00. The number of halogens is 1. The normalized spacial score (nSPS) is 10.8. The number of aromatic amines is 1. The second-order valence-electron chi connectivity index (χ2n) is 5.31. The van der Waals surface area contributed by atoms with E-state index < -0.39 is 0 Å². The molecule has 0 saturated carbocycles. The van der Waals surface area contributed by atoms with Gasteiger partial charge in [0.25, 0.3) is 5.56 Å². The summed E-state index contributed by atoms with van der Waals surface area (Å²) in [6, 6.07) is 9.69. The van der Waals surface area contributed by atoms with Crippen molar-refractivity contribution >= 4 is 39.6 Å². The van der Waals surface area contributed by atoms with Gasteiger partial charge in [0.1, 0.15) is 17.4 Å². The van der Waals surface area contributed by atoms with Gasteiger partial charge in [0.05, 0.1) is 11.4 Å². The topological polar surface area (TPSA) is 112 Å². The zero-order valence-electron chi connectivity index (χ0n) is 13.5. The molecule has 27 heavy (non-hydrogen) atoms. The van der Waals surface area contributed by atoms with Crippen molar-refractivity contribution in [3.05, 3.63) is 64.0 Å². The minimum Gasteiger partial charge on any atom is -0.328 e. The summed E-state index contributed by atoms with van der Waals surface area (Å²) in [5.41, 5.74) is 1.14. The number of anilines is 2. The Morgan fingerprint density at radius 3 is 3.04 bits per heavy atom. The van der Waals surface area contributed by atoms with E-state index in [-0.39, 0.29) is 11.4 Å². The van der Waals surface area contributed by atoms with Crippen molar-refractivity contribution < 1.29 is 4.39 Å². The minimum absolute atomic E-state index is 0.291. The van der Waals surface area contributed by atoms with Gasteiger partial charge in [0, 0.05) is 18.0 Å². The maximum atomic E-state index is 13.7. The van der Waals surface area contributed by atoms with Gasteiger partial charge in [-0.05, 0) is 12.1 Å². The van der Waals surface area contributed by atoms with Crippen molar-refractivity contribution in [3.8, 4) is 6.07 Å². The Hall–Kier alpha value is -3.23. The second-order valence-corrected chi connectivity index (χ2v) is 7.51. The first-order chi connectivity index (χ1) is 13.1. The Morgan fingerprint density at radius 2 is 2.22 bits per heavy atom. The van der Waals surface area contributed by atoms with Crippen LogP contribution in [0.25, 0.3) is 5.65 Å². The first-order valence-corrected chi connectivity index (χ1v) is 9.42. The van der Waals surface area contributed by atoms with Gasteiger partial charge in [-0.2, -0.15) is 5.26 Å². The lowest BCUT2D eigenvalue weighted by Gasteiger charge is -2.02. The van der Waals surface area contributed by atoms with E-state index in [2.05, 4.69) is 25.6 Å². The molecule has 0 aliphatic heterocycles. The maximum absolute atomic E-state index is 13.7. The molecule has 4 rings (SSSR count). The van der Waals surface area contributed by atoms with E-state index in [4.69, 9.17) is 5.26 Å². The summed E-state index contributed by atoms with van der Waals surface area (Å²) in [7, 11) is 0. The van der Waals surface area contributed by atoms with Crippen molar-refractivity contribution in [1.82, 2.24) is 24.8 Å². The summed E-state index contributed by atoms with van der Waals surface area (Å²) in [6.07, 6.45) is 1.44. The molecule has 0 aliphatic rings. The number of nitrogens with zero attached hydrogens (tertiary/aromatic N) is 5. The van der Waals surface area contributed by atoms with Crippen LogP contribution in [-0.2, 0) is 5.75 Å². The molecule has 0 bridgehead atoms. The number of hydrogen-bond acceptors (Lipinski definition) is 8. The molecule has 0 amide bonds. The molecular formula is C16H10FN7OS2. The van der Waals surface area contributed by atoms with Gasteiger partial charge in [-0.25, -0.2) is 13.9 Å². The molecule has 0 spiro atoms. The fourth-order valence-corrected chi connectivity index (χ4v) is 3.97. The number of benzene rings is 1. The van der Waals surface area contributed by atoms with Crippen LogP contribution in [0.4, 0.5) is 15.2 Å². The second kappa shape index (κ2) is 7.18. The van der Waals surface area contributed by atoms with Gasteiger partial charge >= 0.3 is 0 Å². The Kier molecular flexibility index (Phi) is 4.57. The van der Waals surface area contributed by atoms with E-state index in [0.717, 1.165) is 0 Å². The summed E-state index contributed by atoms with van der Waals surface area (Å²) >= 11 is 2.62. The molecule has 0 fully saturated rings. The predicted molar refractivity (Wildman–Crippen MR) is 99.7 cm³/mol. The van der Waals surface area contributed by atoms with Gasteiger partial charge in [-0.15, -0.1) is 10.2 Å². The lowest BCUT2D eigenvalue weighted by molar-refractivity contribution is 0.632. The van der Waals surface area contributed by atoms with Crippen LogP contribution < -0.4 is 10.9 Å². The number of hydrogen-bond donors (Lipinski definition) is 2. The zero-order chi connectivity index (χ0) is 18.8. The fraction of sp³-hybridized carbons (Fsp3) is 0.0625. The Balaban J connectivity index is 1.49. The Morgan fingerprint density at radius 1 is 1.37 bits per heavy atom. The maximum Gasteiger partial charge on any atom is 0.272 e. The molecule has 0 unspecified atom stereocenters. The molecular weight excluding hydrogens is 389 g/mol. The van der Waals surface area contributed by atoms with Crippen LogP contribution in [0.15, 0.2) is 45.7 Å². The van der Waals surface area contributed by atoms with E-state index in [0.29, 0.717) is 37.8 Å². The average Bonchev–Trinajstić information content (AvgIpc) is 3.28. The third kappa shape index (κ3) is 3.53. The van der Waals surface area contributed by atoms with Crippen molar-refractivity contribution in [2.75, 3.05) is 5.32 Å². The third-order valence-electron chi connectivity index (χ3n) is 3.54. The molecule has 0 saturated heterocycles. The summed E-state index contributed by atoms with van der Waals surface area (Å²) in [4.78, 5) is 16.4. The molecule has 134 valence electrons. The number of nitriles is 1. The number of aromatic nitrogens is 5. The van der Waals surface area contributed by atoms with Crippen LogP contribution >= 0.6 is 23.1 Å². The van der Waals surface area contributed by atoms with Crippen LogP contribution in [0.1, 0.15) is 11.3 Å². The van der Waals surface area contributed by atoms with Crippen molar-refractivity contribution in [3.63, 3.8) is 0 Å². The summed E-state index contributed by atoms with van der Waals surface area (Å²) < 4.78 is 15.5. The molecule has 0 aliphatic carbocycles. The quantitative estimate of drug-likeness (QED) is 0.496. The molecule has 1 aromatic carbocycles. The van der Waals surface area contributed by atoms with Gasteiger partial charge in [0.2, 0.25) is 5.13 Å². The Labute approximate surface area is 159 Å². The summed E-state index contributed by atoms with van der Waals surface area (Å²) in [6.45, 7) is 0. The molecule has 2 N–H and O–H groups in total. The molecule has 3 heterocycles. The number of H-pyrrole nitrogens is 1. The van der Waals surface area contributed by atoms with Gasteiger partial charge in [-0.1, -0.05) is 35.2 Å². The van der Waals surface area contributed by atoms with Gasteiger partial charge in [-0.3, -0.25) is 9.89 Å². The Bertz CT molecular complexity index is 1220. The van der Waals surface area contributed by atoms with Crippen molar-refractivity contribution in [2.24, 2.45) is 0 Å². The zero-order valence-corrected chi connectivity index (χ0v) is 15.1. The monoisotopic (exact) mass is 399 g/mol. The first-order valence-electron chi connectivity index (χ1n) is 7.62. The predicted octanol–water partition coefficient (Wildman–Crippen LogP) is 2.92. The summed E-state index contributed by atoms with van der Waals surface area (Å²) in [5, 5.41) is 23.1. The molecule has 0 atom stereocenters.